The summed E-state index contributed by atoms with van der Waals surface area (Å²) in [6, 6.07) is 9.98. The molecule has 0 spiro atoms. The van der Waals surface area contributed by atoms with Gasteiger partial charge in [-0.15, -0.1) is 0 Å². The van der Waals surface area contributed by atoms with Crippen LogP contribution < -0.4 is 15.4 Å². The van der Waals surface area contributed by atoms with Crippen molar-refractivity contribution in [2.75, 3.05) is 24.8 Å². The SMILES string of the molecule is CNc1cncc(NCc2ccccc2OC)c1. The molecule has 0 aliphatic carbocycles. The van der Waals surface area contributed by atoms with E-state index in [2.05, 4.69) is 15.6 Å². The molecule has 0 bridgehead atoms. The van der Waals surface area contributed by atoms with E-state index in [0.717, 1.165) is 22.7 Å². The highest BCUT2D eigenvalue weighted by Gasteiger charge is 2.01. The highest BCUT2D eigenvalue weighted by atomic mass is 16.5. The van der Waals surface area contributed by atoms with E-state index in [0.29, 0.717) is 6.54 Å². The molecule has 94 valence electrons. The Morgan fingerprint density at radius 1 is 1.17 bits per heavy atom. The van der Waals surface area contributed by atoms with Crippen LogP contribution >= 0.6 is 0 Å². The predicted octanol–water partition coefficient (Wildman–Crippen LogP) is 2.74. The number of nitrogens with one attached hydrogen (secondary N) is 2. The molecular weight excluding hydrogens is 226 g/mol. The summed E-state index contributed by atoms with van der Waals surface area (Å²) in [7, 11) is 3.56. The number of aromatic nitrogens is 1. The van der Waals surface area contributed by atoms with E-state index in [1.807, 2.05) is 37.4 Å². The number of para-hydroxylation sites is 1. The second-order valence-corrected chi connectivity index (χ2v) is 3.88. The average molecular weight is 243 g/mol. The van der Waals surface area contributed by atoms with Crippen LogP contribution in [0.3, 0.4) is 0 Å². The molecular formula is C14H17N3O. The molecule has 2 N–H and O–H groups in total. The Kier molecular flexibility index (Phi) is 4.02. The van der Waals surface area contributed by atoms with Crippen LogP contribution in [0.5, 0.6) is 5.75 Å². The van der Waals surface area contributed by atoms with Crippen molar-refractivity contribution in [3.8, 4) is 5.75 Å². The molecule has 0 radical (unpaired) electrons. The second kappa shape index (κ2) is 5.91. The predicted molar refractivity (Wildman–Crippen MR) is 74.1 cm³/mol. The molecule has 2 aromatic rings. The summed E-state index contributed by atoms with van der Waals surface area (Å²) in [6.07, 6.45) is 3.59. The minimum absolute atomic E-state index is 0.707. The number of hydrogen-bond acceptors (Lipinski definition) is 4. The molecule has 1 aromatic heterocycles. The topological polar surface area (TPSA) is 46.2 Å². The smallest absolute Gasteiger partial charge is 0.123 e. The lowest BCUT2D eigenvalue weighted by molar-refractivity contribution is 0.410. The van der Waals surface area contributed by atoms with Crippen molar-refractivity contribution in [2.45, 2.75) is 6.54 Å². The Bertz CT molecular complexity index is 514. The lowest BCUT2D eigenvalue weighted by Gasteiger charge is -2.10. The van der Waals surface area contributed by atoms with Gasteiger partial charge in [0.2, 0.25) is 0 Å². The summed E-state index contributed by atoms with van der Waals surface area (Å²) in [6.45, 7) is 0.707. The van der Waals surface area contributed by atoms with Crippen LogP contribution in [0.25, 0.3) is 0 Å². The van der Waals surface area contributed by atoms with Gasteiger partial charge >= 0.3 is 0 Å². The molecule has 0 atom stereocenters. The Morgan fingerprint density at radius 3 is 2.72 bits per heavy atom. The van der Waals surface area contributed by atoms with Crippen LogP contribution in [0.4, 0.5) is 11.4 Å². The van der Waals surface area contributed by atoms with E-state index in [-0.39, 0.29) is 0 Å². The van der Waals surface area contributed by atoms with Crippen LogP contribution in [0, 0.1) is 0 Å². The van der Waals surface area contributed by atoms with E-state index in [1.165, 1.54) is 0 Å². The Labute approximate surface area is 107 Å². The first-order valence-electron chi connectivity index (χ1n) is 5.82. The number of nitrogens with zero attached hydrogens (tertiary/aromatic N) is 1. The summed E-state index contributed by atoms with van der Waals surface area (Å²) in [5.74, 6) is 0.891. The lowest BCUT2D eigenvalue weighted by atomic mass is 10.2. The summed E-state index contributed by atoms with van der Waals surface area (Å²) in [4.78, 5) is 4.15. The number of benzene rings is 1. The minimum atomic E-state index is 0.707. The van der Waals surface area contributed by atoms with E-state index in [4.69, 9.17) is 4.74 Å². The zero-order valence-electron chi connectivity index (χ0n) is 10.6. The summed E-state index contributed by atoms with van der Waals surface area (Å²) < 4.78 is 5.31. The molecule has 1 aromatic carbocycles. The third-order valence-electron chi connectivity index (χ3n) is 2.70. The van der Waals surface area contributed by atoms with Crippen molar-refractivity contribution in [3.05, 3.63) is 48.3 Å². The molecule has 4 heteroatoms. The molecule has 0 saturated carbocycles. The van der Waals surface area contributed by atoms with Crippen molar-refractivity contribution in [3.63, 3.8) is 0 Å². The molecule has 0 aliphatic heterocycles. The van der Waals surface area contributed by atoms with Crippen molar-refractivity contribution < 1.29 is 4.74 Å². The van der Waals surface area contributed by atoms with E-state index in [9.17, 15) is 0 Å². The number of hydrogen-bond donors (Lipinski definition) is 2. The first-order chi connectivity index (χ1) is 8.83. The molecule has 18 heavy (non-hydrogen) atoms. The fourth-order valence-electron chi connectivity index (χ4n) is 1.72. The monoisotopic (exact) mass is 243 g/mol. The molecule has 2 rings (SSSR count). The fourth-order valence-corrected chi connectivity index (χ4v) is 1.72. The van der Waals surface area contributed by atoms with E-state index in [1.54, 1.807) is 19.5 Å². The van der Waals surface area contributed by atoms with Gasteiger partial charge in [-0.1, -0.05) is 18.2 Å². The maximum Gasteiger partial charge on any atom is 0.123 e. The van der Waals surface area contributed by atoms with Crippen LogP contribution in [-0.4, -0.2) is 19.1 Å². The van der Waals surface area contributed by atoms with Crippen LogP contribution in [-0.2, 0) is 6.54 Å². The fraction of sp³-hybridized carbons (Fsp3) is 0.214. The number of pyridine rings is 1. The Morgan fingerprint density at radius 2 is 1.94 bits per heavy atom. The van der Waals surface area contributed by atoms with E-state index >= 15 is 0 Å². The van der Waals surface area contributed by atoms with Gasteiger partial charge in [0.25, 0.3) is 0 Å². The van der Waals surface area contributed by atoms with Gasteiger partial charge in [-0.2, -0.15) is 0 Å². The summed E-state index contributed by atoms with van der Waals surface area (Å²) >= 11 is 0. The zero-order valence-corrected chi connectivity index (χ0v) is 10.6. The molecule has 0 amide bonds. The van der Waals surface area contributed by atoms with Crippen molar-refractivity contribution in [2.24, 2.45) is 0 Å². The third-order valence-corrected chi connectivity index (χ3v) is 2.70. The van der Waals surface area contributed by atoms with Gasteiger partial charge in [0.1, 0.15) is 5.75 Å². The quantitative estimate of drug-likeness (QED) is 0.847. The third kappa shape index (κ3) is 2.91. The van der Waals surface area contributed by atoms with E-state index < -0.39 is 0 Å². The van der Waals surface area contributed by atoms with Gasteiger partial charge in [0.05, 0.1) is 30.9 Å². The first kappa shape index (κ1) is 12.2. The molecule has 1 heterocycles. The second-order valence-electron chi connectivity index (χ2n) is 3.88. The van der Waals surface area contributed by atoms with Crippen LogP contribution in [0.2, 0.25) is 0 Å². The average Bonchev–Trinajstić information content (AvgIpc) is 2.45. The summed E-state index contributed by atoms with van der Waals surface area (Å²) in [5, 5.41) is 6.39. The largest absolute Gasteiger partial charge is 0.496 e. The van der Waals surface area contributed by atoms with Gasteiger partial charge in [0, 0.05) is 19.2 Å². The van der Waals surface area contributed by atoms with Gasteiger partial charge < -0.3 is 15.4 Å². The molecule has 4 nitrogen and oxygen atoms in total. The maximum atomic E-state index is 5.31. The highest BCUT2D eigenvalue weighted by Crippen LogP contribution is 2.19. The maximum absolute atomic E-state index is 5.31. The summed E-state index contributed by atoms with van der Waals surface area (Å²) in [5.41, 5.74) is 3.09. The van der Waals surface area contributed by atoms with Gasteiger partial charge in [-0.3, -0.25) is 4.98 Å². The standard InChI is InChI=1S/C14H17N3O/c1-15-12-7-13(10-16-9-12)17-8-11-5-3-4-6-14(11)18-2/h3-7,9-10,15,17H,8H2,1-2H3. The Hall–Kier alpha value is -2.23. The lowest BCUT2D eigenvalue weighted by Crippen LogP contribution is -2.02. The highest BCUT2D eigenvalue weighted by molar-refractivity contribution is 5.54. The van der Waals surface area contributed by atoms with Gasteiger partial charge in [-0.05, 0) is 12.1 Å². The van der Waals surface area contributed by atoms with Crippen LogP contribution in [0.15, 0.2) is 42.7 Å². The number of methoxy groups -OCH3 is 1. The molecule has 0 aliphatic rings. The molecule has 0 saturated heterocycles. The zero-order chi connectivity index (χ0) is 12.8. The number of rotatable bonds is 5. The minimum Gasteiger partial charge on any atom is -0.496 e. The Balaban J connectivity index is 2.06. The number of ether oxygens (including phenoxy) is 1. The molecule has 0 fully saturated rings. The molecule has 0 unspecified atom stereocenters. The van der Waals surface area contributed by atoms with Crippen LogP contribution in [0.1, 0.15) is 5.56 Å². The first-order valence-corrected chi connectivity index (χ1v) is 5.82. The van der Waals surface area contributed by atoms with Gasteiger partial charge in [0.15, 0.2) is 0 Å². The van der Waals surface area contributed by atoms with Crippen molar-refractivity contribution >= 4 is 11.4 Å². The van der Waals surface area contributed by atoms with Crippen molar-refractivity contribution in [1.29, 1.82) is 0 Å². The number of anilines is 2. The van der Waals surface area contributed by atoms with Gasteiger partial charge in [-0.25, -0.2) is 0 Å². The van der Waals surface area contributed by atoms with Crippen molar-refractivity contribution in [1.82, 2.24) is 4.98 Å². The normalized spacial score (nSPS) is 9.89.